The van der Waals surface area contributed by atoms with Crippen LogP contribution in [0.1, 0.15) is 33.3 Å². The van der Waals surface area contributed by atoms with E-state index in [1.54, 1.807) is 0 Å². The Morgan fingerprint density at radius 2 is 1.90 bits per heavy atom. The number of benzene rings is 1. The molecule has 0 aliphatic rings. The molecular weight excluding hydrogens is 258 g/mol. The van der Waals surface area contributed by atoms with Gasteiger partial charge in [-0.05, 0) is 30.1 Å². The van der Waals surface area contributed by atoms with Crippen LogP contribution in [0.15, 0.2) is 30.5 Å². The summed E-state index contributed by atoms with van der Waals surface area (Å²) < 4.78 is 2.41. The molecule has 1 N–H and O–H groups in total. The van der Waals surface area contributed by atoms with E-state index in [0.29, 0.717) is 6.04 Å². The van der Waals surface area contributed by atoms with Crippen LogP contribution >= 0.6 is 0 Å². The molecule has 0 unspecified atom stereocenters. The summed E-state index contributed by atoms with van der Waals surface area (Å²) in [4.78, 5) is 2.47. The summed E-state index contributed by atoms with van der Waals surface area (Å²) in [6.45, 7) is 14.2. The zero-order chi connectivity index (χ0) is 15.2. The number of likely N-dealkylation sites (N-methyl/N-ethyl adjacent to an activating group) is 1. The lowest BCUT2D eigenvalue weighted by molar-refractivity contribution is 0.292. The van der Waals surface area contributed by atoms with Gasteiger partial charge in [-0.1, -0.05) is 45.9 Å². The van der Waals surface area contributed by atoms with Gasteiger partial charge in [0.1, 0.15) is 0 Å². The molecule has 0 aliphatic carbocycles. The van der Waals surface area contributed by atoms with E-state index in [4.69, 9.17) is 0 Å². The molecular formula is C18H29N3. The van der Waals surface area contributed by atoms with Crippen LogP contribution in [-0.2, 0) is 13.1 Å². The second-order valence-electron chi connectivity index (χ2n) is 5.93. The molecule has 0 spiro atoms. The van der Waals surface area contributed by atoms with Crippen molar-refractivity contribution in [3.8, 4) is 0 Å². The minimum atomic E-state index is 0.513. The third-order valence-corrected chi connectivity index (χ3v) is 4.12. The van der Waals surface area contributed by atoms with E-state index in [2.05, 4.69) is 72.9 Å². The maximum absolute atomic E-state index is 3.53. The Labute approximate surface area is 128 Å². The molecule has 3 heteroatoms. The normalized spacial score (nSPS) is 11.9. The number of nitrogens with zero attached hydrogens (tertiary/aromatic N) is 2. The van der Waals surface area contributed by atoms with Crippen LogP contribution in [0, 0.1) is 0 Å². The van der Waals surface area contributed by atoms with E-state index >= 15 is 0 Å². The number of para-hydroxylation sites is 1. The Morgan fingerprint density at radius 1 is 1.14 bits per heavy atom. The minimum absolute atomic E-state index is 0.513. The highest BCUT2D eigenvalue weighted by atomic mass is 15.1. The van der Waals surface area contributed by atoms with Crippen molar-refractivity contribution >= 4 is 10.9 Å². The lowest BCUT2D eigenvalue weighted by Crippen LogP contribution is -2.27. The summed E-state index contributed by atoms with van der Waals surface area (Å²) >= 11 is 0. The third kappa shape index (κ3) is 4.08. The van der Waals surface area contributed by atoms with Gasteiger partial charge in [-0.2, -0.15) is 0 Å². The number of fused-ring (bicyclic) bond motifs is 1. The highest BCUT2D eigenvalue weighted by Gasteiger charge is 2.08. The summed E-state index contributed by atoms with van der Waals surface area (Å²) in [5, 5.41) is 4.88. The largest absolute Gasteiger partial charge is 0.346 e. The summed E-state index contributed by atoms with van der Waals surface area (Å²) in [7, 11) is 0. The first-order chi connectivity index (χ1) is 10.2. The molecule has 1 heterocycles. The van der Waals surface area contributed by atoms with Crippen molar-refractivity contribution in [3.05, 3.63) is 36.0 Å². The predicted molar refractivity (Wildman–Crippen MR) is 91.7 cm³/mol. The van der Waals surface area contributed by atoms with E-state index in [9.17, 15) is 0 Å². The average molecular weight is 287 g/mol. The molecule has 2 rings (SSSR count). The zero-order valence-electron chi connectivity index (χ0n) is 13.9. The van der Waals surface area contributed by atoms with Crippen LogP contribution in [-0.4, -0.2) is 35.1 Å². The number of hydrogen-bond donors (Lipinski definition) is 1. The SMILES string of the molecule is CCN(CC)CCn1ccc2cccc(CNC(C)C)c21. The van der Waals surface area contributed by atoms with Gasteiger partial charge < -0.3 is 14.8 Å². The van der Waals surface area contributed by atoms with E-state index in [1.807, 2.05) is 0 Å². The lowest BCUT2D eigenvalue weighted by atomic mass is 10.1. The van der Waals surface area contributed by atoms with Crippen LogP contribution in [0.2, 0.25) is 0 Å². The number of hydrogen-bond acceptors (Lipinski definition) is 2. The minimum Gasteiger partial charge on any atom is -0.346 e. The van der Waals surface area contributed by atoms with Crippen molar-refractivity contribution in [2.24, 2.45) is 0 Å². The molecule has 0 amide bonds. The molecule has 0 atom stereocenters. The fraction of sp³-hybridized carbons (Fsp3) is 0.556. The van der Waals surface area contributed by atoms with Gasteiger partial charge in [0.05, 0.1) is 5.52 Å². The van der Waals surface area contributed by atoms with Gasteiger partial charge in [-0.3, -0.25) is 0 Å². The molecule has 3 nitrogen and oxygen atoms in total. The molecule has 2 aromatic rings. The second kappa shape index (κ2) is 7.62. The summed E-state index contributed by atoms with van der Waals surface area (Å²) in [5.41, 5.74) is 2.78. The monoisotopic (exact) mass is 287 g/mol. The van der Waals surface area contributed by atoms with E-state index in [-0.39, 0.29) is 0 Å². The molecule has 0 radical (unpaired) electrons. The molecule has 1 aromatic carbocycles. The van der Waals surface area contributed by atoms with Crippen molar-refractivity contribution in [2.45, 2.75) is 46.8 Å². The first-order valence-corrected chi connectivity index (χ1v) is 8.18. The van der Waals surface area contributed by atoms with Gasteiger partial charge in [-0.25, -0.2) is 0 Å². The van der Waals surface area contributed by atoms with Crippen molar-refractivity contribution in [3.63, 3.8) is 0 Å². The van der Waals surface area contributed by atoms with Gasteiger partial charge in [0.15, 0.2) is 0 Å². The predicted octanol–water partition coefficient (Wildman–Crippen LogP) is 3.48. The van der Waals surface area contributed by atoms with Crippen molar-refractivity contribution < 1.29 is 0 Å². The standard InChI is InChI=1S/C18H29N3/c1-5-20(6-2)12-13-21-11-10-16-8-7-9-17(18(16)21)14-19-15(3)4/h7-11,15,19H,5-6,12-14H2,1-4H3. The molecule has 0 saturated heterocycles. The lowest BCUT2D eigenvalue weighted by Gasteiger charge is -2.19. The number of rotatable bonds is 8. The Bertz CT molecular complexity index is 553. The average Bonchev–Trinajstić information content (AvgIpc) is 2.90. The third-order valence-electron chi connectivity index (χ3n) is 4.12. The van der Waals surface area contributed by atoms with Gasteiger partial charge in [0.25, 0.3) is 0 Å². The first-order valence-electron chi connectivity index (χ1n) is 8.18. The van der Waals surface area contributed by atoms with Crippen molar-refractivity contribution in [1.82, 2.24) is 14.8 Å². The molecule has 1 aromatic heterocycles. The van der Waals surface area contributed by atoms with Gasteiger partial charge in [0, 0.05) is 31.9 Å². The first kappa shape index (κ1) is 16.1. The number of nitrogens with one attached hydrogen (secondary N) is 1. The van der Waals surface area contributed by atoms with E-state index in [0.717, 1.165) is 32.7 Å². The highest BCUT2D eigenvalue weighted by Crippen LogP contribution is 2.20. The number of aromatic nitrogens is 1. The van der Waals surface area contributed by atoms with Crippen molar-refractivity contribution in [2.75, 3.05) is 19.6 Å². The van der Waals surface area contributed by atoms with Crippen LogP contribution in [0.5, 0.6) is 0 Å². The summed E-state index contributed by atoms with van der Waals surface area (Å²) in [6.07, 6.45) is 2.23. The smallest absolute Gasteiger partial charge is 0.0526 e. The van der Waals surface area contributed by atoms with Gasteiger partial charge in [0.2, 0.25) is 0 Å². The Kier molecular flexibility index (Phi) is 5.83. The summed E-state index contributed by atoms with van der Waals surface area (Å²) in [6, 6.07) is 9.36. The van der Waals surface area contributed by atoms with Crippen LogP contribution in [0.3, 0.4) is 0 Å². The van der Waals surface area contributed by atoms with Crippen LogP contribution in [0.4, 0.5) is 0 Å². The maximum atomic E-state index is 3.53. The fourth-order valence-electron chi connectivity index (χ4n) is 2.77. The Balaban J connectivity index is 2.19. The Morgan fingerprint density at radius 3 is 2.57 bits per heavy atom. The quantitative estimate of drug-likeness (QED) is 0.802. The maximum Gasteiger partial charge on any atom is 0.0526 e. The molecule has 0 fully saturated rings. The molecule has 0 bridgehead atoms. The van der Waals surface area contributed by atoms with Gasteiger partial charge in [-0.15, -0.1) is 0 Å². The molecule has 116 valence electrons. The fourth-order valence-corrected chi connectivity index (χ4v) is 2.77. The van der Waals surface area contributed by atoms with Crippen LogP contribution in [0.25, 0.3) is 10.9 Å². The van der Waals surface area contributed by atoms with E-state index < -0.39 is 0 Å². The molecule has 0 aliphatic heterocycles. The van der Waals surface area contributed by atoms with E-state index in [1.165, 1.54) is 16.5 Å². The van der Waals surface area contributed by atoms with Gasteiger partial charge >= 0.3 is 0 Å². The Hall–Kier alpha value is -1.32. The van der Waals surface area contributed by atoms with Crippen molar-refractivity contribution in [1.29, 1.82) is 0 Å². The second-order valence-corrected chi connectivity index (χ2v) is 5.93. The van der Waals surface area contributed by atoms with Crippen LogP contribution < -0.4 is 5.32 Å². The molecule has 0 saturated carbocycles. The highest BCUT2D eigenvalue weighted by molar-refractivity contribution is 5.83. The molecule has 21 heavy (non-hydrogen) atoms. The topological polar surface area (TPSA) is 20.2 Å². The summed E-state index contributed by atoms with van der Waals surface area (Å²) in [5.74, 6) is 0. The zero-order valence-corrected chi connectivity index (χ0v) is 13.9.